The number of halogens is 1. The maximum atomic E-state index is 13.0. The second-order valence-corrected chi connectivity index (χ2v) is 11.7. The van der Waals surface area contributed by atoms with Crippen molar-refractivity contribution in [3.8, 4) is 0 Å². The minimum absolute atomic E-state index is 0.0479. The number of hydrogen-bond acceptors (Lipinski definition) is 4. The molecule has 1 aromatic rings. The van der Waals surface area contributed by atoms with Gasteiger partial charge in [-0.2, -0.15) is 0 Å². The van der Waals surface area contributed by atoms with Crippen molar-refractivity contribution in [1.29, 1.82) is 0 Å². The number of aliphatic hydroxyl groups excluding tert-OH is 1. The third-order valence-corrected chi connectivity index (χ3v) is 8.99. The number of aryl methyl sites for hydroxylation is 1. The number of carbonyl (C=O) groups excluding carboxylic acids is 1. The van der Waals surface area contributed by atoms with Crippen molar-refractivity contribution >= 4 is 17.5 Å². The van der Waals surface area contributed by atoms with Crippen LogP contribution in [0.5, 0.6) is 0 Å². The predicted octanol–water partition coefficient (Wildman–Crippen LogP) is 4.51. The summed E-state index contributed by atoms with van der Waals surface area (Å²) in [4.78, 5) is 17.5. The molecule has 4 bridgehead atoms. The molecule has 5 aliphatic carbocycles. The highest BCUT2D eigenvalue weighted by Crippen LogP contribution is 2.59. The molecular weight excluding hydrogens is 422 g/mol. The number of amides is 1. The monoisotopic (exact) mass is 459 g/mol. The van der Waals surface area contributed by atoms with Gasteiger partial charge in [-0.1, -0.05) is 11.6 Å². The van der Waals surface area contributed by atoms with Gasteiger partial charge in [-0.15, -0.1) is 0 Å². The first-order valence-electron chi connectivity index (χ1n) is 12.8. The molecule has 0 spiro atoms. The minimum Gasteiger partial charge on any atom is -0.393 e. The average Bonchev–Trinajstić information content (AvgIpc) is 2.76. The lowest BCUT2D eigenvalue weighted by atomic mass is 9.49. The van der Waals surface area contributed by atoms with E-state index < -0.39 is 0 Å². The lowest BCUT2D eigenvalue weighted by Crippen LogP contribution is -2.51. The maximum absolute atomic E-state index is 13.0. The van der Waals surface area contributed by atoms with Gasteiger partial charge in [-0.05, 0) is 113 Å². The van der Waals surface area contributed by atoms with Crippen LogP contribution >= 0.6 is 11.6 Å². The van der Waals surface area contributed by atoms with Crippen molar-refractivity contribution in [3.63, 3.8) is 0 Å². The predicted molar refractivity (Wildman–Crippen MR) is 127 cm³/mol. The van der Waals surface area contributed by atoms with Gasteiger partial charge in [-0.25, -0.2) is 0 Å². The summed E-state index contributed by atoms with van der Waals surface area (Å²) in [6, 6.07) is 2.40. The Morgan fingerprint density at radius 3 is 2.41 bits per heavy atom. The van der Waals surface area contributed by atoms with E-state index in [9.17, 15) is 9.90 Å². The van der Waals surface area contributed by atoms with Crippen LogP contribution in [-0.2, 0) is 6.42 Å². The fourth-order valence-electron chi connectivity index (χ4n) is 7.52. The zero-order valence-electron chi connectivity index (χ0n) is 19.1. The first-order chi connectivity index (χ1) is 15.5. The van der Waals surface area contributed by atoms with Crippen molar-refractivity contribution in [2.45, 2.75) is 89.2 Å². The summed E-state index contributed by atoms with van der Waals surface area (Å²) in [5.74, 6) is 2.62. The topological polar surface area (TPSA) is 74.2 Å². The number of rotatable bonds is 8. The lowest BCUT2D eigenvalue weighted by Gasteiger charge is -2.56. The second kappa shape index (κ2) is 9.60. The van der Waals surface area contributed by atoms with Gasteiger partial charge in [0.2, 0.25) is 0 Å². The summed E-state index contributed by atoms with van der Waals surface area (Å²) in [5.41, 5.74) is 1.82. The number of aliphatic hydroxyl groups is 1. The Bertz CT molecular complexity index is 786. The molecule has 0 unspecified atom stereocenters. The minimum atomic E-state index is -0.112. The highest BCUT2D eigenvalue weighted by Gasteiger charge is 2.50. The standard InChI is InChI=1S/C26H38ClN3O2/c27-24-15-29-21(2-1-7-28-20-3-5-22(31)6-4-20)11-23(24)25(32)30-16-26-12-17-8-18(13-26)10-19(9-17)14-26/h11,15,17-20,22,28,31H,1-10,12-14,16H2,(H,30,32). The molecule has 5 nitrogen and oxygen atoms in total. The van der Waals surface area contributed by atoms with Gasteiger partial charge >= 0.3 is 0 Å². The Morgan fingerprint density at radius 1 is 1.09 bits per heavy atom. The summed E-state index contributed by atoms with van der Waals surface area (Å²) < 4.78 is 0. The molecule has 0 radical (unpaired) electrons. The van der Waals surface area contributed by atoms with Crippen LogP contribution in [-0.4, -0.2) is 41.2 Å². The molecule has 6 heteroatoms. The zero-order valence-corrected chi connectivity index (χ0v) is 19.9. The summed E-state index contributed by atoms with van der Waals surface area (Å²) in [5, 5.41) is 16.9. The van der Waals surface area contributed by atoms with Gasteiger partial charge in [0, 0.05) is 24.5 Å². The van der Waals surface area contributed by atoms with E-state index in [0.717, 1.165) is 75.1 Å². The van der Waals surface area contributed by atoms with Crippen molar-refractivity contribution in [2.75, 3.05) is 13.1 Å². The Morgan fingerprint density at radius 2 is 1.75 bits per heavy atom. The molecule has 5 saturated carbocycles. The molecule has 1 aromatic heterocycles. The SMILES string of the molecule is O=C(NCC12CC3CC(CC(C3)C1)C2)c1cc(CCCNC2CCC(O)CC2)ncc1Cl. The molecule has 5 aliphatic rings. The Kier molecular flexibility index (Phi) is 6.78. The molecule has 0 aromatic carbocycles. The molecule has 5 fully saturated rings. The number of aromatic nitrogens is 1. The molecular formula is C26H38ClN3O2. The first kappa shape index (κ1) is 22.6. The molecule has 0 atom stereocenters. The van der Waals surface area contributed by atoms with E-state index in [2.05, 4.69) is 15.6 Å². The Labute approximate surface area is 197 Å². The molecule has 32 heavy (non-hydrogen) atoms. The van der Waals surface area contributed by atoms with E-state index in [1.807, 2.05) is 6.07 Å². The van der Waals surface area contributed by atoms with Gasteiger partial charge in [0.1, 0.15) is 0 Å². The van der Waals surface area contributed by atoms with Gasteiger partial charge < -0.3 is 15.7 Å². The highest BCUT2D eigenvalue weighted by atomic mass is 35.5. The Hall–Kier alpha value is -1.17. The van der Waals surface area contributed by atoms with Crippen molar-refractivity contribution in [3.05, 3.63) is 28.5 Å². The normalized spacial score (nSPS) is 35.8. The molecule has 6 rings (SSSR count). The highest BCUT2D eigenvalue weighted by molar-refractivity contribution is 6.33. The van der Waals surface area contributed by atoms with Crippen LogP contribution in [0, 0.1) is 23.2 Å². The molecule has 0 saturated heterocycles. The maximum Gasteiger partial charge on any atom is 0.252 e. The molecule has 1 heterocycles. The summed E-state index contributed by atoms with van der Waals surface area (Å²) in [7, 11) is 0. The third-order valence-electron chi connectivity index (χ3n) is 8.69. The van der Waals surface area contributed by atoms with Crippen LogP contribution in [0.4, 0.5) is 0 Å². The first-order valence-corrected chi connectivity index (χ1v) is 13.2. The number of nitrogens with one attached hydrogen (secondary N) is 2. The van der Waals surface area contributed by atoms with Crippen LogP contribution in [0.25, 0.3) is 0 Å². The summed E-state index contributed by atoms with van der Waals surface area (Å²) in [6.07, 6.45) is 15.4. The van der Waals surface area contributed by atoms with Gasteiger partial charge in [0.25, 0.3) is 5.91 Å². The summed E-state index contributed by atoms with van der Waals surface area (Å²) in [6.45, 7) is 1.72. The Balaban J connectivity index is 1.11. The van der Waals surface area contributed by atoms with E-state index in [-0.39, 0.29) is 12.0 Å². The zero-order chi connectivity index (χ0) is 22.1. The fraction of sp³-hybridized carbons (Fsp3) is 0.769. The van der Waals surface area contributed by atoms with E-state index in [4.69, 9.17) is 11.6 Å². The summed E-state index contributed by atoms with van der Waals surface area (Å²) >= 11 is 6.36. The second-order valence-electron chi connectivity index (χ2n) is 11.3. The smallest absolute Gasteiger partial charge is 0.252 e. The molecule has 176 valence electrons. The van der Waals surface area contributed by atoms with Crippen molar-refractivity contribution in [1.82, 2.24) is 15.6 Å². The molecule has 1 amide bonds. The van der Waals surface area contributed by atoms with Crippen molar-refractivity contribution < 1.29 is 9.90 Å². The molecule has 0 aliphatic heterocycles. The van der Waals surface area contributed by atoms with E-state index in [1.165, 1.54) is 38.5 Å². The number of nitrogens with zero attached hydrogens (tertiary/aromatic N) is 1. The quantitative estimate of drug-likeness (QED) is 0.500. The van der Waals surface area contributed by atoms with Gasteiger partial charge in [-0.3, -0.25) is 9.78 Å². The van der Waals surface area contributed by atoms with Gasteiger partial charge in [0.15, 0.2) is 0 Å². The number of carbonyl (C=O) groups is 1. The van der Waals surface area contributed by atoms with Crippen LogP contribution in [0.2, 0.25) is 5.02 Å². The number of hydrogen-bond donors (Lipinski definition) is 3. The van der Waals surface area contributed by atoms with Gasteiger partial charge in [0.05, 0.1) is 16.7 Å². The largest absolute Gasteiger partial charge is 0.393 e. The van der Waals surface area contributed by atoms with Crippen LogP contribution in [0.1, 0.15) is 86.7 Å². The lowest BCUT2D eigenvalue weighted by molar-refractivity contribution is -0.0503. The fourth-order valence-corrected chi connectivity index (χ4v) is 7.71. The van der Waals surface area contributed by atoms with Crippen molar-refractivity contribution in [2.24, 2.45) is 23.2 Å². The van der Waals surface area contributed by atoms with Crippen LogP contribution < -0.4 is 10.6 Å². The third kappa shape index (κ3) is 5.15. The van der Waals surface area contributed by atoms with E-state index in [0.29, 0.717) is 22.0 Å². The van der Waals surface area contributed by atoms with E-state index in [1.54, 1.807) is 6.20 Å². The van der Waals surface area contributed by atoms with Crippen LogP contribution in [0.3, 0.4) is 0 Å². The van der Waals surface area contributed by atoms with Crippen LogP contribution in [0.15, 0.2) is 12.3 Å². The number of pyridine rings is 1. The average molecular weight is 460 g/mol. The molecule has 3 N–H and O–H groups in total. The van der Waals surface area contributed by atoms with E-state index >= 15 is 0 Å².